The van der Waals surface area contributed by atoms with Crippen molar-refractivity contribution in [3.63, 3.8) is 0 Å². The van der Waals surface area contributed by atoms with Crippen LogP contribution < -0.4 is 0 Å². The Balaban J connectivity index is 2.99. The molecule has 0 heterocycles. The maximum atomic E-state index is 12.6. The van der Waals surface area contributed by atoms with Crippen LogP contribution in [0.25, 0.3) is 0 Å². The zero-order chi connectivity index (χ0) is 9.41. The van der Waals surface area contributed by atoms with Crippen molar-refractivity contribution in [3.05, 3.63) is 24.3 Å². The number of allylic oxidation sites excluding steroid dienone is 2. The lowest BCUT2D eigenvalue weighted by Crippen LogP contribution is -2.50. The van der Waals surface area contributed by atoms with E-state index in [1.807, 2.05) is 0 Å². The molecule has 0 fully saturated rings. The van der Waals surface area contributed by atoms with E-state index >= 15 is 0 Å². The molecule has 2 atom stereocenters. The summed E-state index contributed by atoms with van der Waals surface area (Å²) >= 11 is 0. The van der Waals surface area contributed by atoms with E-state index < -0.39 is 17.9 Å². The number of hydrogen-bond acceptors (Lipinski definition) is 0. The fraction of sp³-hybridized carbons (Fsp3) is 0.429. The van der Waals surface area contributed by atoms with E-state index in [9.17, 15) is 22.7 Å². The molecule has 2 unspecified atom stereocenters. The van der Waals surface area contributed by atoms with E-state index in [-0.39, 0.29) is 6.08 Å². The number of rotatable bonds is 0. The first-order valence-corrected chi connectivity index (χ1v) is 3.15. The standard InChI is InChI=1S/C7H5F4O/c8-5-3-1-2-4-6(5,12)7(9,10)11/h1-5H. The summed E-state index contributed by atoms with van der Waals surface area (Å²) in [5.41, 5.74) is -3.61. The van der Waals surface area contributed by atoms with Crippen LogP contribution in [0, 0.1) is 0 Å². The fourth-order valence-electron chi connectivity index (χ4n) is 0.846. The lowest BCUT2D eigenvalue weighted by atomic mass is 9.93. The summed E-state index contributed by atoms with van der Waals surface area (Å²) in [6, 6.07) is 0. The smallest absolute Gasteiger partial charge is 0.239 e. The van der Waals surface area contributed by atoms with Crippen LogP contribution in [-0.4, -0.2) is 17.9 Å². The largest absolute Gasteiger partial charge is 0.427 e. The van der Waals surface area contributed by atoms with Crippen molar-refractivity contribution in [2.75, 3.05) is 0 Å². The molecule has 1 radical (unpaired) electrons. The molecule has 0 aromatic heterocycles. The summed E-state index contributed by atoms with van der Waals surface area (Å²) in [6.07, 6.45) is -4.77. The van der Waals surface area contributed by atoms with Crippen molar-refractivity contribution >= 4 is 0 Å². The molecule has 0 aliphatic heterocycles. The Morgan fingerprint density at radius 3 is 2.17 bits per heavy atom. The highest BCUT2D eigenvalue weighted by Crippen LogP contribution is 2.38. The molecule has 1 aliphatic rings. The third-order valence-corrected chi connectivity index (χ3v) is 1.59. The summed E-state index contributed by atoms with van der Waals surface area (Å²) in [4.78, 5) is 0. The molecule has 0 saturated carbocycles. The van der Waals surface area contributed by atoms with E-state index in [1.54, 1.807) is 0 Å². The van der Waals surface area contributed by atoms with Crippen LogP contribution in [0.1, 0.15) is 0 Å². The Labute approximate surface area is 66.0 Å². The van der Waals surface area contributed by atoms with Crippen molar-refractivity contribution in [1.29, 1.82) is 0 Å². The number of hydrogen-bond donors (Lipinski definition) is 0. The predicted molar refractivity (Wildman–Crippen MR) is 32.6 cm³/mol. The first-order valence-electron chi connectivity index (χ1n) is 3.15. The van der Waals surface area contributed by atoms with E-state index in [0.29, 0.717) is 6.08 Å². The molecule has 67 valence electrons. The summed E-state index contributed by atoms with van der Waals surface area (Å²) in [6.45, 7) is 0. The molecule has 0 saturated heterocycles. The molecular weight excluding hydrogens is 176 g/mol. The zero-order valence-electron chi connectivity index (χ0n) is 5.81. The highest BCUT2D eigenvalue weighted by molar-refractivity contribution is 5.24. The topological polar surface area (TPSA) is 19.9 Å². The molecule has 0 aromatic carbocycles. The van der Waals surface area contributed by atoms with Gasteiger partial charge in [-0.1, -0.05) is 12.2 Å². The highest BCUT2D eigenvalue weighted by atomic mass is 19.4. The Hall–Kier alpha value is -0.840. The second-order valence-corrected chi connectivity index (χ2v) is 2.44. The van der Waals surface area contributed by atoms with Gasteiger partial charge in [0.15, 0.2) is 6.17 Å². The minimum absolute atomic E-state index is 0.289. The normalized spacial score (nSPS) is 35.6. The van der Waals surface area contributed by atoms with E-state index in [1.165, 1.54) is 0 Å². The first kappa shape index (κ1) is 9.25. The van der Waals surface area contributed by atoms with E-state index in [0.717, 1.165) is 12.2 Å². The van der Waals surface area contributed by atoms with E-state index in [2.05, 4.69) is 0 Å². The quantitative estimate of drug-likeness (QED) is 0.510. The van der Waals surface area contributed by atoms with Crippen LogP contribution in [0.4, 0.5) is 17.6 Å². The van der Waals surface area contributed by atoms with Gasteiger partial charge >= 0.3 is 6.18 Å². The summed E-state index contributed by atoms with van der Waals surface area (Å²) in [5, 5.41) is 10.8. The molecule has 5 heteroatoms. The Bertz CT molecular complexity index is 230. The molecule has 1 rings (SSSR count). The second kappa shape index (κ2) is 2.58. The zero-order valence-corrected chi connectivity index (χ0v) is 5.81. The van der Waals surface area contributed by atoms with Gasteiger partial charge in [0.1, 0.15) is 0 Å². The van der Waals surface area contributed by atoms with Crippen LogP contribution >= 0.6 is 0 Å². The summed E-state index contributed by atoms with van der Waals surface area (Å²) < 4.78 is 48.4. The predicted octanol–water partition coefficient (Wildman–Crippen LogP) is 2.18. The van der Waals surface area contributed by atoms with Gasteiger partial charge in [-0.25, -0.2) is 9.50 Å². The summed E-state index contributed by atoms with van der Waals surface area (Å²) in [7, 11) is 0. The van der Waals surface area contributed by atoms with Gasteiger partial charge in [0, 0.05) is 0 Å². The van der Waals surface area contributed by atoms with Gasteiger partial charge in [0.25, 0.3) is 5.60 Å². The van der Waals surface area contributed by atoms with Crippen molar-refractivity contribution in [2.24, 2.45) is 0 Å². The van der Waals surface area contributed by atoms with Crippen LogP contribution in [0.15, 0.2) is 24.3 Å². The van der Waals surface area contributed by atoms with Crippen molar-refractivity contribution in [2.45, 2.75) is 17.9 Å². The Kier molecular flexibility index (Phi) is 1.99. The van der Waals surface area contributed by atoms with Crippen LogP contribution in [0.5, 0.6) is 0 Å². The number of alkyl halides is 4. The van der Waals surface area contributed by atoms with Crippen LogP contribution in [-0.2, 0) is 5.11 Å². The summed E-state index contributed by atoms with van der Waals surface area (Å²) in [5.74, 6) is 0. The maximum absolute atomic E-state index is 12.6. The number of halogens is 4. The molecule has 12 heavy (non-hydrogen) atoms. The molecule has 0 spiro atoms. The Morgan fingerprint density at radius 2 is 1.83 bits per heavy atom. The monoisotopic (exact) mass is 181 g/mol. The average molecular weight is 181 g/mol. The average Bonchev–Trinajstić information content (AvgIpc) is 1.93. The van der Waals surface area contributed by atoms with Crippen molar-refractivity contribution in [1.82, 2.24) is 0 Å². The lowest BCUT2D eigenvalue weighted by molar-refractivity contribution is -0.274. The van der Waals surface area contributed by atoms with Gasteiger partial charge in [0.05, 0.1) is 0 Å². The van der Waals surface area contributed by atoms with Crippen molar-refractivity contribution in [3.8, 4) is 0 Å². The van der Waals surface area contributed by atoms with Gasteiger partial charge in [0.2, 0.25) is 0 Å². The lowest BCUT2D eigenvalue weighted by Gasteiger charge is -2.27. The van der Waals surface area contributed by atoms with E-state index in [4.69, 9.17) is 0 Å². The van der Waals surface area contributed by atoms with Crippen LogP contribution in [0.3, 0.4) is 0 Å². The Morgan fingerprint density at radius 1 is 1.25 bits per heavy atom. The first-order chi connectivity index (χ1) is 5.38. The molecule has 0 N–H and O–H groups in total. The molecule has 0 bridgehead atoms. The second-order valence-electron chi connectivity index (χ2n) is 2.44. The highest BCUT2D eigenvalue weighted by Gasteiger charge is 2.59. The minimum atomic E-state index is -5.09. The molecular formula is C7H5F4O. The van der Waals surface area contributed by atoms with Gasteiger partial charge < -0.3 is 0 Å². The van der Waals surface area contributed by atoms with Crippen molar-refractivity contribution < 1.29 is 22.7 Å². The minimum Gasteiger partial charge on any atom is -0.239 e. The molecule has 1 nitrogen and oxygen atoms in total. The molecule has 0 amide bonds. The van der Waals surface area contributed by atoms with Crippen LogP contribution in [0.2, 0.25) is 0 Å². The third-order valence-electron chi connectivity index (χ3n) is 1.59. The van der Waals surface area contributed by atoms with Gasteiger partial charge in [-0.3, -0.25) is 0 Å². The fourth-order valence-corrected chi connectivity index (χ4v) is 0.846. The van der Waals surface area contributed by atoms with Gasteiger partial charge in [-0.2, -0.15) is 13.2 Å². The maximum Gasteiger partial charge on any atom is 0.427 e. The SMILES string of the molecule is [O]C1(C(F)(F)F)C=CC=CC1F. The van der Waals surface area contributed by atoms with Gasteiger partial charge in [-0.05, 0) is 12.2 Å². The van der Waals surface area contributed by atoms with Gasteiger partial charge in [-0.15, -0.1) is 0 Å². The third kappa shape index (κ3) is 1.24. The molecule has 0 aromatic rings. The molecule has 1 aliphatic carbocycles.